The van der Waals surface area contributed by atoms with Crippen LogP contribution < -0.4 is 0 Å². The van der Waals surface area contributed by atoms with E-state index in [1.807, 2.05) is 13.8 Å². The molecule has 0 aromatic rings. The Bertz CT molecular complexity index is 283. The van der Waals surface area contributed by atoms with Crippen LogP contribution in [0.4, 0.5) is 0 Å². The predicted molar refractivity (Wildman–Crippen MR) is 68.0 cm³/mol. The van der Waals surface area contributed by atoms with Crippen LogP contribution in [0.25, 0.3) is 0 Å². The summed E-state index contributed by atoms with van der Waals surface area (Å²) in [5.41, 5.74) is 0.0179. The van der Waals surface area contributed by atoms with E-state index in [-0.39, 0.29) is 0 Å². The summed E-state index contributed by atoms with van der Waals surface area (Å²) in [4.78, 5) is 13.5. The van der Waals surface area contributed by atoms with Gasteiger partial charge < -0.3 is 10.0 Å². The standard InChI is InChI=1S/C14H25NO2/c1-13(2,12(16)17)11-15-9-7-14(8-10-15)5-3-4-6-14/h3-11H2,1-2H3,(H,16,17). The lowest BCUT2D eigenvalue weighted by molar-refractivity contribution is -0.148. The van der Waals surface area contributed by atoms with Crippen LogP contribution >= 0.6 is 0 Å². The highest BCUT2D eigenvalue weighted by molar-refractivity contribution is 5.73. The van der Waals surface area contributed by atoms with E-state index < -0.39 is 11.4 Å². The quantitative estimate of drug-likeness (QED) is 0.823. The first-order valence-corrected chi connectivity index (χ1v) is 6.89. The fourth-order valence-corrected chi connectivity index (χ4v) is 3.44. The van der Waals surface area contributed by atoms with Gasteiger partial charge in [-0.3, -0.25) is 4.79 Å². The van der Waals surface area contributed by atoms with Crippen LogP contribution in [0.1, 0.15) is 52.4 Å². The Kier molecular flexibility index (Phi) is 3.48. The molecule has 0 aromatic carbocycles. The van der Waals surface area contributed by atoms with Gasteiger partial charge in [-0.25, -0.2) is 0 Å². The van der Waals surface area contributed by atoms with Crippen LogP contribution in [-0.2, 0) is 4.79 Å². The number of carbonyl (C=O) groups is 1. The zero-order chi connectivity index (χ0) is 12.5. The molecule has 3 heteroatoms. The normalized spacial score (nSPS) is 25.3. The molecule has 1 aliphatic heterocycles. The third kappa shape index (κ3) is 2.82. The number of carboxylic acids is 1. The van der Waals surface area contributed by atoms with Gasteiger partial charge >= 0.3 is 5.97 Å². The lowest BCUT2D eigenvalue weighted by atomic mass is 9.76. The number of carboxylic acid groups (broad SMARTS) is 1. The fraction of sp³-hybridized carbons (Fsp3) is 0.929. The number of piperidine rings is 1. The van der Waals surface area contributed by atoms with Crippen molar-refractivity contribution in [2.75, 3.05) is 19.6 Å². The van der Waals surface area contributed by atoms with E-state index >= 15 is 0 Å². The highest BCUT2D eigenvalue weighted by Gasteiger charge is 2.38. The van der Waals surface area contributed by atoms with Gasteiger partial charge in [0.15, 0.2) is 0 Å². The maximum absolute atomic E-state index is 11.1. The van der Waals surface area contributed by atoms with Crippen molar-refractivity contribution in [2.24, 2.45) is 10.8 Å². The maximum atomic E-state index is 11.1. The van der Waals surface area contributed by atoms with Gasteiger partial charge in [0, 0.05) is 6.54 Å². The van der Waals surface area contributed by atoms with Crippen LogP contribution in [0.15, 0.2) is 0 Å². The molecule has 98 valence electrons. The van der Waals surface area contributed by atoms with Crippen molar-refractivity contribution in [1.29, 1.82) is 0 Å². The molecule has 2 aliphatic rings. The smallest absolute Gasteiger partial charge is 0.310 e. The molecule has 17 heavy (non-hydrogen) atoms. The molecular formula is C14H25NO2. The summed E-state index contributed by atoms with van der Waals surface area (Å²) < 4.78 is 0. The number of likely N-dealkylation sites (tertiary alicyclic amines) is 1. The van der Waals surface area contributed by atoms with Crippen molar-refractivity contribution in [3.8, 4) is 0 Å². The second-order valence-electron chi connectivity index (χ2n) is 6.67. The fourth-order valence-electron chi connectivity index (χ4n) is 3.44. The van der Waals surface area contributed by atoms with E-state index in [2.05, 4.69) is 4.90 Å². The highest BCUT2D eigenvalue weighted by Crippen LogP contribution is 2.46. The van der Waals surface area contributed by atoms with Crippen molar-refractivity contribution in [2.45, 2.75) is 52.4 Å². The van der Waals surface area contributed by atoms with Gasteiger partial charge in [0.25, 0.3) is 0 Å². The van der Waals surface area contributed by atoms with Gasteiger partial charge in [-0.2, -0.15) is 0 Å². The van der Waals surface area contributed by atoms with Gasteiger partial charge in [0.2, 0.25) is 0 Å². The van der Waals surface area contributed by atoms with Crippen molar-refractivity contribution in [1.82, 2.24) is 4.90 Å². The van der Waals surface area contributed by atoms with E-state index in [1.54, 1.807) is 0 Å². The van der Waals surface area contributed by atoms with Gasteiger partial charge in [-0.1, -0.05) is 12.8 Å². The summed E-state index contributed by atoms with van der Waals surface area (Å²) in [5, 5.41) is 9.15. The first-order chi connectivity index (χ1) is 7.94. The van der Waals surface area contributed by atoms with Gasteiger partial charge in [0.1, 0.15) is 0 Å². The van der Waals surface area contributed by atoms with E-state index in [0.717, 1.165) is 13.1 Å². The molecule has 0 unspecified atom stereocenters. The average molecular weight is 239 g/mol. The summed E-state index contributed by atoms with van der Waals surface area (Å²) in [6, 6.07) is 0. The Hall–Kier alpha value is -0.570. The Morgan fingerprint density at radius 1 is 1.18 bits per heavy atom. The minimum absolute atomic E-state index is 0.611. The third-order valence-corrected chi connectivity index (χ3v) is 4.78. The van der Waals surface area contributed by atoms with Crippen molar-refractivity contribution in [3.63, 3.8) is 0 Å². The van der Waals surface area contributed by atoms with Gasteiger partial charge in [-0.15, -0.1) is 0 Å². The molecule has 0 amide bonds. The zero-order valence-electron chi connectivity index (χ0n) is 11.2. The number of nitrogens with zero attached hydrogens (tertiary/aromatic N) is 1. The zero-order valence-corrected chi connectivity index (χ0v) is 11.2. The topological polar surface area (TPSA) is 40.5 Å². The highest BCUT2D eigenvalue weighted by atomic mass is 16.4. The average Bonchev–Trinajstić information content (AvgIpc) is 2.70. The van der Waals surface area contributed by atoms with E-state index in [0.29, 0.717) is 12.0 Å². The lowest BCUT2D eigenvalue weighted by Crippen LogP contribution is -2.45. The first-order valence-electron chi connectivity index (χ1n) is 6.89. The molecule has 1 heterocycles. The molecule has 3 nitrogen and oxygen atoms in total. The van der Waals surface area contributed by atoms with E-state index in [4.69, 9.17) is 5.11 Å². The van der Waals surface area contributed by atoms with Crippen LogP contribution in [0.2, 0.25) is 0 Å². The van der Waals surface area contributed by atoms with E-state index in [1.165, 1.54) is 38.5 Å². The van der Waals surface area contributed by atoms with E-state index in [9.17, 15) is 4.79 Å². The molecule has 0 bridgehead atoms. The van der Waals surface area contributed by atoms with Crippen LogP contribution in [0, 0.1) is 10.8 Å². The van der Waals surface area contributed by atoms with Crippen molar-refractivity contribution < 1.29 is 9.90 Å². The van der Waals surface area contributed by atoms with Crippen LogP contribution in [0.5, 0.6) is 0 Å². The minimum Gasteiger partial charge on any atom is -0.481 e. The molecule has 2 rings (SSSR count). The Labute approximate surface area is 104 Å². The van der Waals surface area contributed by atoms with Gasteiger partial charge in [0.05, 0.1) is 5.41 Å². The predicted octanol–water partition coefficient (Wildman–Crippen LogP) is 2.75. The molecule has 0 aromatic heterocycles. The molecule has 2 fully saturated rings. The second kappa shape index (κ2) is 4.60. The second-order valence-corrected chi connectivity index (χ2v) is 6.67. The number of hydrogen-bond donors (Lipinski definition) is 1. The summed E-state index contributed by atoms with van der Waals surface area (Å²) in [6.45, 7) is 6.54. The van der Waals surface area contributed by atoms with Crippen LogP contribution in [0.3, 0.4) is 0 Å². The number of rotatable bonds is 3. The largest absolute Gasteiger partial charge is 0.481 e. The molecule has 1 N–H and O–H groups in total. The third-order valence-electron chi connectivity index (χ3n) is 4.78. The van der Waals surface area contributed by atoms with Gasteiger partial charge in [-0.05, 0) is 58.0 Å². The van der Waals surface area contributed by atoms with Crippen LogP contribution in [-0.4, -0.2) is 35.6 Å². The van der Waals surface area contributed by atoms with Crippen molar-refractivity contribution >= 4 is 5.97 Å². The summed E-state index contributed by atoms with van der Waals surface area (Å²) in [5.74, 6) is -0.682. The molecule has 1 spiro atoms. The summed E-state index contributed by atoms with van der Waals surface area (Å²) in [6.07, 6.45) is 8.18. The molecule has 0 radical (unpaired) electrons. The summed E-state index contributed by atoms with van der Waals surface area (Å²) >= 11 is 0. The summed E-state index contributed by atoms with van der Waals surface area (Å²) in [7, 11) is 0. The first kappa shape index (κ1) is 12.9. The Balaban J connectivity index is 1.85. The molecular weight excluding hydrogens is 214 g/mol. The van der Waals surface area contributed by atoms with Crippen molar-refractivity contribution in [3.05, 3.63) is 0 Å². The molecule has 0 atom stereocenters. The monoisotopic (exact) mass is 239 g/mol. The lowest BCUT2D eigenvalue weighted by Gasteiger charge is -2.41. The molecule has 1 aliphatic carbocycles. The number of aliphatic carboxylic acids is 1. The minimum atomic E-state index is -0.682. The Morgan fingerprint density at radius 3 is 2.18 bits per heavy atom. The Morgan fingerprint density at radius 2 is 1.71 bits per heavy atom. The molecule has 1 saturated heterocycles. The molecule has 1 saturated carbocycles. The maximum Gasteiger partial charge on any atom is 0.310 e. The number of hydrogen-bond acceptors (Lipinski definition) is 2. The SMILES string of the molecule is CC(C)(CN1CCC2(CCCC2)CC1)C(=O)O.